The van der Waals surface area contributed by atoms with Gasteiger partial charge in [0, 0.05) is 19.2 Å². The van der Waals surface area contributed by atoms with Crippen molar-refractivity contribution in [2.75, 3.05) is 31.2 Å². The van der Waals surface area contributed by atoms with Crippen molar-refractivity contribution in [2.24, 2.45) is 5.73 Å². The highest BCUT2D eigenvalue weighted by Crippen LogP contribution is 2.30. The molecule has 2 N–H and O–H groups in total. The number of amides is 1. The van der Waals surface area contributed by atoms with E-state index in [-0.39, 0.29) is 11.3 Å². The number of hydrogen-bond acceptors (Lipinski definition) is 6. The molecule has 0 aliphatic carbocycles. The smallest absolute Gasteiger partial charge is 0.293 e. The van der Waals surface area contributed by atoms with Gasteiger partial charge in [0.2, 0.25) is 0 Å². The van der Waals surface area contributed by atoms with Crippen molar-refractivity contribution in [3.05, 3.63) is 39.4 Å². The first kappa shape index (κ1) is 15.5. The van der Waals surface area contributed by atoms with Crippen LogP contribution in [0.25, 0.3) is 6.08 Å². The Labute approximate surface area is 126 Å². The second-order valence-corrected chi connectivity index (χ2v) is 4.64. The first-order chi connectivity index (χ1) is 10.5. The van der Waals surface area contributed by atoms with Crippen LogP contribution in [0.1, 0.15) is 5.56 Å². The van der Waals surface area contributed by atoms with E-state index in [0.717, 1.165) is 0 Å². The molecule has 1 aromatic rings. The molecular formula is C14H14N4O4. The highest BCUT2D eigenvalue weighted by atomic mass is 16.6. The summed E-state index contributed by atoms with van der Waals surface area (Å²) in [5.41, 5.74) is 5.58. The first-order valence-electron chi connectivity index (χ1n) is 6.55. The summed E-state index contributed by atoms with van der Waals surface area (Å²) in [5.74, 6) is -0.873. The zero-order valence-corrected chi connectivity index (χ0v) is 11.7. The van der Waals surface area contributed by atoms with E-state index < -0.39 is 10.8 Å². The molecule has 0 spiro atoms. The van der Waals surface area contributed by atoms with Crippen LogP contribution >= 0.6 is 0 Å². The SMILES string of the molecule is N#C/C(=C/c1ccc(N2CCOCC2)c([N+](=O)[O-])c1)C(N)=O. The summed E-state index contributed by atoms with van der Waals surface area (Å²) in [7, 11) is 0. The zero-order chi connectivity index (χ0) is 16.1. The van der Waals surface area contributed by atoms with Crippen molar-refractivity contribution in [2.45, 2.75) is 0 Å². The average molecular weight is 302 g/mol. The lowest BCUT2D eigenvalue weighted by Gasteiger charge is -2.28. The fourth-order valence-electron chi connectivity index (χ4n) is 2.17. The fraction of sp³-hybridized carbons (Fsp3) is 0.286. The van der Waals surface area contributed by atoms with Gasteiger partial charge in [0.05, 0.1) is 18.1 Å². The molecule has 1 heterocycles. The molecule has 0 unspecified atom stereocenters. The van der Waals surface area contributed by atoms with E-state index in [4.69, 9.17) is 15.7 Å². The third-order valence-electron chi connectivity index (χ3n) is 3.24. The van der Waals surface area contributed by atoms with Gasteiger partial charge in [-0.25, -0.2) is 0 Å². The summed E-state index contributed by atoms with van der Waals surface area (Å²) in [6, 6.07) is 6.20. The van der Waals surface area contributed by atoms with Crippen LogP contribution in [0.15, 0.2) is 23.8 Å². The van der Waals surface area contributed by atoms with E-state index in [1.54, 1.807) is 18.2 Å². The van der Waals surface area contributed by atoms with E-state index in [1.165, 1.54) is 12.1 Å². The second kappa shape index (κ2) is 6.69. The van der Waals surface area contributed by atoms with Crippen LogP contribution in [0.3, 0.4) is 0 Å². The van der Waals surface area contributed by atoms with Crippen LogP contribution in [-0.2, 0) is 9.53 Å². The maximum absolute atomic E-state index is 11.3. The average Bonchev–Trinajstić information content (AvgIpc) is 2.52. The van der Waals surface area contributed by atoms with Crippen LogP contribution in [0, 0.1) is 21.4 Å². The highest BCUT2D eigenvalue weighted by Gasteiger charge is 2.21. The third kappa shape index (κ3) is 3.39. The number of morpholine rings is 1. The predicted octanol–water partition coefficient (Wildman–Crippen LogP) is 0.824. The minimum absolute atomic E-state index is 0.0857. The molecule has 0 bridgehead atoms. The van der Waals surface area contributed by atoms with Gasteiger partial charge in [0.15, 0.2) is 0 Å². The van der Waals surface area contributed by atoms with Gasteiger partial charge in [-0.15, -0.1) is 0 Å². The summed E-state index contributed by atoms with van der Waals surface area (Å²) in [5, 5.41) is 20.1. The molecule has 0 aromatic heterocycles. The van der Waals surface area contributed by atoms with Crippen molar-refractivity contribution >= 4 is 23.4 Å². The number of hydrogen-bond donors (Lipinski definition) is 1. The number of carbonyl (C=O) groups is 1. The van der Waals surface area contributed by atoms with Gasteiger partial charge in [-0.3, -0.25) is 14.9 Å². The number of primary amides is 1. The summed E-state index contributed by atoms with van der Waals surface area (Å²) in [6.07, 6.45) is 1.23. The molecule has 1 aliphatic heterocycles. The molecule has 1 amide bonds. The van der Waals surface area contributed by atoms with E-state index in [9.17, 15) is 14.9 Å². The van der Waals surface area contributed by atoms with Gasteiger partial charge in [-0.1, -0.05) is 6.07 Å². The lowest BCUT2D eigenvalue weighted by Crippen LogP contribution is -2.36. The summed E-state index contributed by atoms with van der Waals surface area (Å²) < 4.78 is 5.23. The Kier molecular flexibility index (Phi) is 4.70. The van der Waals surface area contributed by atoms with Gasteiger partial charge in [-0.2, -0.15) is 5.26 Å². The molecule has 0 radical (unpaired) electrons. The molecule has 8 heteroatoms. The third-order valence-corrected chi connectivity index (χ3v) is 3.24. The van der Waals surface area contributed by atoms with E-state index in [0.29, 0.717) is 37.6 Å². The number of nitriles is 1. The van der Waals surface area contributed by atoms with Crippen molar-refractivity contribution in [3.63, 3.8) is 0 Å². The van der Waals surface area contributed by atoms with Crippen molar-refractivity contribution in [3.8, 4) is 6.07 Å². The molecule has 8 nitrogen and oxygen atoms in total. The number of nitrogens with two attached hydrogens (primary N) is 1. The van der Waals surface area contributed by atoms with Gasteiger partial charge in [0.1, 0.15) is 17.3 Å². The molecule has 1 aliphatic rings. The number of ether oxygens (including phenoxy) is 1. The number of nitrogens with zero attached hydrogens (tertiary/aromatic N) is 3. The highest BCUT2D eigenvalue weighted by molar-refractivity contribution is 6.00. The summed E-state index contributed by atoms with van der Waals surface area (Å²) in [6.45, 7) is 2.17. The molecule has 0 atom stereocenters. The van der Waals surface area contributed by atoms with Crippen LogP contribution < -0.4 is 10.6 Å². The van der Waals surface area contributed by atoms with Crippen LogP contribution in [0.4, 0.5) is 11.4 Å². The molecule has 1 saturated heterocycles. The molecule has 0 saturated carbocycles. The predicted molar refractivity (Wildman–Crippen MR) is 78.9 cm³/mol. The molecule has 114 valence electrons. The lowest BCUT2D eigenvalue weighted by molar-refractivity contribution is -0.384. The quantitative estimate of drug-likeness (QED) is 0.380. The molecule has 2 rings (SSSR count). The van der Waals surface area contributed by atoms with Gasteiger partial charge >= 0.3 is 0 Å². The van der Waals surface area contributed by atoms with E-state index in [1.807, 2.05) is 4.90 Å². The minimum Gasteiger partial charge on any atom is -0.378 e. The Morgan fingerprint density at radius 1 is 1.45 bits per heavy atom. The number of rotatable bonds is 4. The van der Waals surface area contributed by atoms with Crippen LogP contribution in [0.2, 0.25) is 0 Å². The molecule has 1 aromatic carbocycles. The Morgan fingerprint density at radius 2 is 2.14 bits per heavy atom. The maximum Gasteiger partial charge on any atom is 0.293 e. The lowest BCUT2D eigenvalue weighted by atomic mass is 10.1. The minimum atomic E-state index is -0.873. The van der Waals surface area contributed by atoms with Crippen LogP contribution in [-0.4, -0.2) is 37.1 Å². The number of carbonyl (C=O) groups excluding carboxylic acids is 1. The van der Waals surface area contributed by atoms with Crippen molar-refractivity contribution in [1.29, 1.82) is 5.26 Å². The maximum atomic E-state index is 11.3. The van der Waals surface area contributed by atoms with Gasteiger partial charge in [0.25, 0.3) is 11.6 Å². The monoisotopic (exact) mass is 302 g/mol. The number of nitro benzene ring substituents is 1. The second-order valence-electron chi connectivity index (χ2n) is 4.64. The van der Waals surface area contributed by atoms with Crippen LogP contribution in [0.5, 0.6) is 0 Å². The standard InChI is InChI=1S/C14H14N4O4/c15-9-11(14(16)19)7-10-1-2-12(13(8-10)18(20)21)17-3-5-22-6-4-17/h1-2,7-8H,3-6H2,(H2,16,19)/b11-7-. The number of benzene rings is 1. The van der Waals surface area contributed by atoms with Crippen molar-refractivity contribution in [1.82, 2.24) is 0 Å². The summed E-state index contributed by atoms with van der Waals surface area (Å²) in [4.78, 5) is 23.7. The van der Waals surface area contributed by atoms with E-state index >= 15 is 0 Å². The van der Waals surface area contributed by atoms with Crippen molar-refractivity contribution < 1.29 is 14.5 Å². The Bertz CT molecular complexity index is 672. The fourth-order valence-corrected chi connectivity index (χ4v) is 2.17. The summed E-state index contributed by atoms with van der Waals surface area (Å²) >= 11 is 0. The Hall–Kier alpha value is -2.92. The molecular weight excluding hydrogens is 288 g/mol. The zero-order valence-electron chi connectivity index (χ0n) is 11.7. The topological polar surface area (TPSA) is 122 Å². The van der Waals surface area contributed by atoms with Gasteiger partial charge < -0.3 is 15.4 Å². The normalized spacial score (nSPS) is 15.2. The molecule has 1 fully saturated rings. The first-order valence-corrected chi connectivity index (χ1v) is 6.55. The van der Waals surface area contributed by atoms with Gasteiger partial charge in [-0.05, 0) is 17.7 Å². The number of nitro groups is 1. The Balaban J connectivity index is 2.41. The Morgan fingerprint density at radius 3 is 2.68 bits per heavy atom. The van der Waals surface area contributed by atoms with E-state index in [2.05, 4.69) is 0 Å². The largest absolute Gasteiger partial charge is 0.378 e. The molecule has 22 heavy (non-hydrogen) atoms. The number of anilines is 1.